The first-order valence-corrected chi connectivity index (χ1v) is 9.61. The Kier molecular flexibility index (Phi) is 9.53. The van der Waals surface area contributed by atoms with E-state index in [1.54, 1.807) is 0 Å². The second kappa shape index (κ2) is 11.3. The highest BCUT2D eigenvalue weighted by Crippen LogP contribution is 2.20. The van der Waals surface area contributed by atoms with Crippen LogP contribution in [0.2, 0.25) is 0 Å². The number of amides is 3. The van der Waals surface area contributed by atoms with Gasteiger partial charge in [0.25, 0.3) is 0 Å². The zero-order valence-electron chi connectivity index (χ0n) is 16.7. The highest BCUT2D eigenvalue weighted by Gasteiger charge is 2.38. The summed E-state index contributed by atoms with van der Waals surface area (Å²) in [5.74, 6) is -4.01. The third-order valence-corrected chi connectivity index (χ3v) is 4.63. The summed E-state index contributed by atoms with van der Waals surface area (Å²) in [6.07, 6.45) is 0.636. The predicted octanol–water partition coefficient (Wildman–Crippen LogP) is -1.10. The van der Waals surface area contributed by atoms with Crippen molar-refractivity contribution in [3.63, 3.8) is 0 Å². The second-order valence-corrected chi connectivity index (χ2v) is 7.48. The second-order valence-electron chi connectivity index (χ2n) is 7.48. The minimum absolute atomic E-state index is 0.0459. The largest absolute Gasteiger partial charge is 0.481 e. The van der Waals surface area contributed by atoms with Crippen molar-refractivity contribution in [2.75, 3.05) is 13.1 Å². The first-order chi connectivity index (χ1) is 13.6. The topological polar surface area (TPSA) is 179 Å². The fraction of sp³-hybridized carbons (Fsp3) is 0.722. The Morgan fingerprint density at radius 3 is 2.28 bits per heavy atom. The van der Waals surface area contributed by atoms with E-state index in [4.69, 9.17) is 10.8 Å². The van der Waals surface area contributed by atoms with Gasteiger partial charge in [0.15, 0.2) is 0 Å². The lowest BCUT2D eigenvalue weighted by molar-refractivity contribution is -0.145. The van der Waals surface area contributed by atoms with Gasteiger partial charge in [-0.1, -0.05) is 13.8 Å². The van der Waals surface area contributed by atoms with Crippen molar-refractivity contribution >= 4 is 29.7 Å². The summed E-state index contributed by atoms with van der Waals surface area (Å²) in [5, 5.41) is 23.1. The number of nitrogens with two attached hydrogens (primary N) is 1. The van der Waals surface area contributed by atoms with Gasteiger partial charge in [0.1, 0.15) is 18.1 Å². The van der Waals surface area contributed by atoms with Gasteiger partial charge < -0.3 is 31.5 Å². The molecule has 1 saturated heterocycles. The summed E-state index contributed by atoms with van der Waals surface area (Å²) < 4.78 is 0. The number of nitrogens with one attached hydrogen (secondary N) is 2. The molecule has 0 aromatic rings. The molecule has 0 radical (unpaired) electrons. The van der Waals surface area contributed by atoms with Gasteiger partial charge in [0.05, 0.1) is 6.54 Å². The third-order valence-electron chi connectivity index (χ3n) is 4.63. The Hall–Kier alpha value is -2.69. The van der Waals surface area contributed by atoms with Crippen molar-refractivity contribution in [1.29, 1.82) is 0 Å². The Balaban J connectivity index is 2.90. The van der Waals surface area contributed by atoms with Crippen LogP contribution in [0, 0.1) is 5.92 Å². The number of aliphatic carboxylic acids is 2. The molecular formula is C18H30N4O7. The van der Waals surface area contributed by atoms with E-state index in [0.717, 1.165) is 0 Å². The SMILES string of the molecule is CC(C)C[C@H](NC(=O)[C@@H]1CCCN1C(=O)[C@H](CCC(=O)O)NC(=O)CN)C(=O)O. The minimum Gasteiger partial charge on any atom is -0.481 e. The van der Waals surface area contributed by atoms with Gasteiger partial charge in [-0.25, -0.2) is 4.79 Å². The first-order valence-electron chi connectivity index (χ1n) is 9.61. The van der Waals surface area contributed by atoms with Gasteiger partial charge in [-0.3, -0.25) is 19.2 Å². The normalized spacial score (nSPS) is 18.2. The smallest absolute Gasteiger partial charge is 0.326 e. The van der Waals surface area contributed by atoms with Crippen molar-refractivity contribution in [3.8, 4) is 0 Å². The molecular weight excluding hydrogens is 384 g/mol. The number of carboxylic acids is 2. The van der Waals surface area contributed by atoms with Crippen LogP contribution in [0.1, 0.15) is 46.0 Å². The molecule has 29 heavy (non-hydrogen) atoms. The van der Waals surface area contributed by atoms with Gasteiger partial charge in [0, 0.05) is 13.0 Å². The lowest BCUT2D eigenvalue weighted by Gasteiger charge is -2.29. The number of carboxylic acid groups (broad SMARTS) is 2. The fourth-order valence-electron chi connectivity index (χ4n) is 3.24. The van der Waals surface area contributed by atoms with Crippen molar-refractivity contribution < 1.29 is 34.2 Å². The Morgan fingerprint density at radius 2 is 1.76 bits per heavy atom. The summed E-state index contributed by atoms with van der Waals surface area (Å²) in [7, 11) is 0. The van der Waals surface area contributed by atoms with Gasteiger partial charge >= 0.3 is 11.9 Å². The molecule has 3 atom stereocenters. The average Bonchev–Trinajstić information content (AvgIpc) is 3.12. The van der Waals surface area contributed by atoms with E-state index in [1.807, 2.05) is 13.8 Å². The first kappa shape index (κ1) is 24.3. The van der Waals surface area contributed by atoms with Gasteiger partial charge in [-0.15, -0.1) is 0 Å². The molecule has 1 fully saturated rings. The van der Waals surface area contributed by atoms with Crippen molar-refractivity contribution in [1.82, 2.24) is 15.5 Å². The van der Waals surface area contributed by atoms with E-state index in [9.17, 15) is 29.1 Å². The molecule has 0 saturated carbocycles. The number of carbonyl (C=O) groups is 5. The highest BCUT2D eigenvalue weighted by molar-refractivity contribution is 5.94. The molecule has 1 aliphatic rings. The standard InChI is InChI=1S/C18H30N4O7/c1-10(2)8-12(18(28)29)21-16(26)13-4-3-7-22(13)17(27)11(5-6-15(24)25)20-14(23)9-19/h10-13H,3-9,19H2,1-2H3,(H,20,23)(H,21,26)(H,24,25)(H,28,29)/t11-,12-,13-/m0/s1. The predicted molar refractivity (Wildman–Crippen MR) is 102 cm³/mol. The van der Waals surface area contributed by atoms with E-state index in [1.165, 1.54) is 4.90 Å². The molecule has 164 valence electrons. The van der Waals surface area contributed by atoms with Crippen molar-refractivity contribution in [2.24, 2.45) is 11.7 Å². The van der Waals surface area contributed by atoms with Crippen LogP contribution >= 0.6 is 0 Å². The molecule has 11 heteroatoms. The number of hydrogen-bond donors (Lipinski definition) is 5. The molecule has 11 nitrogen and oxygen atoms in total. The van der Waals surface area contributed by atoms with Crippen LogP contribution in [0.25, 0.3) is 0 Å². The van der Waals surface area contributed by atoms with E-state index >= 15 is 0 Å². The zero-order valence-corrected chi connectivity index (χ0v) is 16.7. The van der Waals surface area contributed by atoms with Gasteiger partial charge in [-0.05, 0) is 31.6 Å². The summed E-state index contributed by atoms with van der Waals surface area (Å²) >= 11 is 0. The molecule has 0 spiro atoms. The van der Waals surface area contributed by atoms with E-state index in [2.05, 4.69) is 10.6 Å². The van der Waals surface area contributed by atoms with Crippen LogP contribution in [0.3, 0.4) is 0 Å². The monoisotopic (exact) mass is 414 g/mol. The zero-order chi connectivity index (χ0) is 22.1. The summed E-state index contributed by atoms with van der Waals surface area (Å²) in [5.41, 5.74) is 5.26. The van der Waals surface area contributed by atoms with Crippen LogP contribution in [-0.2, 0) is 24.0 Å². The lowest BCUT2D eigenvalue weighted by atomic mass is 10.0. The lowest BCUT2D eigenvalue weighted by Crippen LogP contribution is -2.56. The minimum atomic E-state index is -1.16. The van der Waals surface area contributed by atoms with E-state index in [0.29, 0.717) is 12.8 Å². The van der Waals surface area contributed by atoms with Crippen molar-refractivity contribution in [2.45, 2.75) is 64.1 Å². The van der Waals surface area contributed by atoms with Crippen LogP contribution < -0.4 is 16.4 Å². The third kappa shape index (κ3) is 7.68. The number of rotatable bonds is 11. The molecule has 0 aliphatic carbocycles. The number of nitrogens with zero attached hydrogens (tertiary/aromatic N) is 1. The molecule has 3 amide bonds. The van der Waals surface area contributed by atoms with Crippen LogP contribution in [0.5, 0.6) is 0 Å². The summed E-state index contributed by atoms with van der Waals surface area (Å²) in [6.45, 7) is 3.55. The highest BCUT2D eigenvalue weighted by atomic mass is 16.4. The summed E-state index contributed by atoms with van der Waals surface area (Å²) in [4.78, 5) is 60.7. The molecule has 1 rings (SSSR count). The fourth-order valence-corrected chi connectivity index (χ4v) is 3.24. The van der Waals surface area contributed by atoms with E-state index < -0.39 is 47.8 Å². The molecule has 0 aromatic carbocycles. The molecule has 0 unspecified atom stereocenters. The maximum absolute atomic E-state index is 12.9. The number of hydrogen-bond acceptors (Lipinski definition) is 6. The average molecular weight is 414 g/mol. The molecule has 6 N–H and O–H groups in total. The number of likely N-dealkylation sites (tertiary alicyclic amines) is 1. The molecule has 0 aromatic heterocycles. The maximum atomic E-state index is 12.9. The van der Waals surface area contributed by atoms with Gasteiger partial charge in [-0.2, -0.15) is 0 Å². The number of carbonyl (C=O) groups excluding carboxylic acids is 3. The molecule has 1 aliphatic heterocycles. The van der Waals surface area contributed by atoms with Crippen molar-refractivity contribution in [3.05, 3.63) is 0 Å². The Bertz CT molecular complexity index is 638. The maximum Gasteiger partial charge on any atom is 0.326 e. The van der Waals surface area contributed by atoms with Crippen LogP contribution in [0.4, 0.5) is 0 Å². The quantitative estimate of drug-likeness (QED) is 0.283. The molecule has 0 bridgehead atoms. The van der Waals surface area contributed by atoms with Crippen LogP contribution in [0.15, 0.2) is 0 Å². The Labute approximate surface area is 169 Å². The Morgan fingerprint density at radius 1 is 1.10 bits per heavy atom. The van der Waals surface area contributed by atoms with E-state index in [-0.39, 0.29) is 38.3 Å². The molecule has 1 heterocycles. The summed E-state index contributed by atoms with van der Waals surface area (Å²) in [6, 6.07) is -3.07. The van der Waals surface area contributed by atoms with Gasteiger partial charge in [0.2, 0.25) is 17.7 Å². The van der Waals surface area contributed by atoms with Crippen LogP contribution in [-0.4, -0.2) is 76.0 Å².